The van der Waals surface area contributed by atoms with E-state index >= 15 is 0 Å². The van der Waals surface area contributed by atoms with Gasteiger partial charge in [-0.2, -0.15) is 5.10 Å². The van der Waals surface area contributed by atoms with Crippen LogP contribution in [0.1, 0.15) is 12.6 Å². The second-order valence-electron chi connectivity index (χ2n) is 6.45. The first-order valence-corrected chi connectivity index (χ1v) is 9.98. The van der Waals surface area contributed by atoms with E-state index in [0.29, 0.717) is 18.8 Å². The highest BCUT2D eigenvalue weighted by molar-refractivity contribution is 7.97. The highest BCUT2D eigenvalue weighted by Crippen LogP contribution is 2.26. The molecule has 4 rings (SSSR count). The molecule has 10 heteroatoms. The van der Waals surface area contributed by atoms with Crippen LogP contribution >= 0.6 is 11.9 Å². The molecule has 3 heterocycles. The van der Waals surface area contributed by atoms with Crippen molar-refractivity contribution in [2.24, 2.45) is 4.99 Å². The van der Waals surface area contributed by atoms with E-state index in [4.69, 9.17) is 4.74 Å². The fraction of sp³-hybridized carbons (Fsp3) is 0.211. The lowest BCUT2D eigenvalue weighted by Crippen LogP contribution is -3.10. The first-order valence-electron chi connectivity index (χ1n) is 9.21. The van der Waals surface area contributed by atoms with Crippen molar-refractivity contribution in [1.82, 2.24) is 14.5 Å². The number of quaternary nitrogens is 1. The number of fused-ring (bicyclic) bond motifs is 1. The summed E-state index contributed by atoms with van der Waals surface area (Å²) in [6.07, 6.45) is 5.43. The Morgan fingerprint density at radius 3 is 2.93 bits per heavy atom. The highest BCUT2D eigenvalue weighted by atomic mass is 32.2. The van der Waals surface area contributed by atoms with Gasteiger partial charge in [-0.1, -0.05) is 0 Å². The standard InChI is InChI=1S/C19H21N7O2S/c1-3-28-19(27)21-14-4-6-15(7-5-14)29-25-11-17-20-8-9-26(17)18(12-25)22-16-10-13(2)23-24-16/h4-10,12H,3,11H2,1-2H3,(H,21,27)(H2,22,23,24)/p+1. The fourth-order valence-corrected chi connectivity index (χ4v) is 3.82. The molecule has 1 aromatic carbocycles. The average Bonchev–Trinajstić information content (AvgIpc) is 3.32. The Labute approximate surface area is 172 Å². The summed E-state index contributed by atoms with van der Waals surface area (Å²) in [6, 6.07) is 9.57. The SMILES string of the molecule is CCOC(=O)Nc1ccc(SN2C=C(Nc3cc(C)[nH]n3)[NH+]3C=CN=C3C2)cc1. The molecule has 0 radical (unpaired) electrons. The van der Waals surface area contributed by atoms with Gasteiger partial charge in [-0.15, -0.1) is 0 Å². The van der Waals surface area contributed by atoms with Crippen LogP contribution in [0.25, 0.3) is 0 Å². The maximum absolute atomic E-state index is 11.5. The van der Waals surface area contributed by atoms with Crippen molar-refractivity contribution in [3.05, 3.63) is 60.4 Å². The number of aromatic amines is 1. The smallest absolute Gasteiger partial charge is 0.411 e. The number of hydrogen-bond acceptors (Lipinski definition) is 7. The summed E-state index contributed by atoms with van der Waals surface area (Å²) in [4.78, 5) is 18.1. The summed E-state index contributed by atoms with van der Waals surface area (Å²) >= 11 is 1.59. The molecule has 0 saturated carbocycles. The molecular weight excluding hydrogens is 390 g/mol. The van der Waals surface area contributed by atoms with E-state index in [1.807, 2.05) is 49.7 Å². The minimum absolute atomic E-state index is 0.340. The Balaban J connectivity index is 1.45. The predicted molar refractivity (Wildman–Crippen MR) is 112 cm³/mol. The minimum atomic E-state index is -0.453. The summed E-state index contributed by atoms with van der Waals surface area (Å²) in [7, 11) is 0. The number of nitrogens with one attached hydrogen (secondary N) is 4. The van der Waals surface area contributed by atoms with E-state index < -0.39 is 6.09 Å². The van der Waals surface area contributed by atoms with Gasteiger partial charge in [-0.25, -0.2) is 14.7 Å². The molecule has 0 spiro atoms. The Bertz CT molecular complexity index is 981. The number of ether oxygens (including phenoxy) is 1. The lowest BCUT2D eigenvalue weighted by atomic mass is 10.3. The number of benzene rings is 1. The largest absolute Gasteiger partial charge is 0.450 e. The molecule has 150 valence electrons. The van der Waals surface area contributed by atoms with E-state index in [0.717, 1.165) is 33.0 Å². The molecule has 1 atom stereocenters. The van der Waals surface area contributed by atoms with Crippen molar-refractivity contribution >= 4 is 35.4 Å². The first-order chi connectivity index (χ1) is 14.1. The molecule has 2 aromatic rings. The molecule has 0 bridgehead atoms. The zero-order valence-electron chi connectivity index (χ0n) is 16.1. The van der Waals surface area contributed by atoms with Crippen molar-refractivity contribution in [3.8, 4) is 0 Å². The molecule has 0 aliphatic carbocycles. The van der Waals surface area contributed by atoms with Crippen molar-refractivity contribution in [3.63, 3.8) is 0 Å². The van der Waals surface area contributed by atoms with Crippen LogP contribution in [0, 0.1) is 6.92 Å². The molecule has 9 nitrogen and oxygen atoms in total. The van der Waals surface area contributed by atoms with Crippen molar-refractivity contribution in [2.45, 2.75) is 18.7 Å². The van der Waals surface area contributed by atoms with Gasteiger partial charge in [-0.05, 0) is 50.1 Å². The van der Waals surface area contributed by atoms with E-state index in [2.05, 4.69) is 36.3 Å². The Hall–Kier alpha value is -3.24. The van der Waals surface area contributed by atoms with Crippen molar-refractivity contribution in [2.75, 3.05) is 23.8 Å². The van der Waals surface area contributed by atoms with E-state index in [9.17, 15) is 4.79 Å². The van der Waals surface area contributed by atoms with E-state index in [-0.39, 0.29) is 0 Å². The molecule has 0 saturated heterocycles. The first kappa shape index (κ1) is 19.1. The van der Waals surface area contributed by atoms with Gasteiger partial charge in [0.2, 0.25) is 11.7 Å². The zero-order chi connectivity index (χ0) is 20.2. The third kappa shape index (κ3) is 4.61. The molecule has 2 aliphatic heterocycles. The quantitative estimate of drug-likeness (QED) is 0.544. The number of aliphatic imine (C=N–C) groups is 1. The minimum Gasteiger partial charge on any atom is -0.450 e. The average molecular weight is 412 g/mol. The summed E-state index contributed by atoms with van der Waals surface area (Å²) < 4.78 is 7.01. The van der Waals surface area contributed by atoms with Gasteiger partial charge in [-0.3, -0.25) is 20.0 Å². The highest BCUT2D eigenvalue weighted by Gasteiger charge is 2.32. The van der Waals surface area contributed by atoms with Crippen LogP contribution < -0.4 is 15.5 Å². The second kappa shape index (κ2) is 8.41. The third-order valence-electron chi connectivity index (χ3n) is 4.22. The van der Waals surface area contributed by atoms with Gasteiger partial charge in [0.15, 0.2) is 5.82 Å². The Kier molecular flexibility index (Phi) is 5.54. The number of anilines is 2. The van der Waals surface area contributed by atoms with Crippen LogP contribution in [0.2, 0.25) is 0 Å². The molecule has 1 amide bonds. The van der Waals surface area contributed by atoms with E-state index in [1.165, 1.54) is 0 Å². The number of hydrogen-bond donors (Lipinski definition) is 4. The van der Waals surface area contributed by atoms with Crippen LogP contribution in [0.5, 0.6) is 0 Å². The van der Waals surface area contributed by atoms with Gasteiger partial charge in [0.05, 0.1) is 19.0 Å². The van der Waals surface area contributed by atoms with E-state index in [1.54, 1.807) is 18.9 Å². The summed E-state index contributed by atoms with van der Waals surface area (Å²) in [5.41, 5.74) is 1.69. The second-order valence-corrected chi connectivity index (χ2v) is 7.57. The number of rotatable bonds is 6. The topological polar surface area (TPSA) is 99.1 Å². The summed E-state index contributed by atoms with van der Waals surface area (Å²) in [5, 5.41) is 13.3. The van der Waals surface area contributed by atoms with Gasteiger partial charge in [0, 0.05) is 22.3 Å². The lowest BCUT2D eigenvalue weighted by Gasteiger charge is -2.27. The van der Waals surface area contributed by atoms with Crippen molar-refractivity contribution in [1.29, 1.82) is 0 Å². The zero-order valence-corrected chi connectivity index (χ0v) is 16.9. The van der Waals surface area contributed by atoms with Crippen molar-refractivity contribution < 1.29 is 14.4 Å². The lowest BCUT2D eigenvalue weighted by molar-refractivity contribution is -0.699. The molecule has 1 aromatic heterocycles. The van der Waals surface area contributed by atoms with Crippen LogP contribution in [0.4, 0.5) is 16.3 Å². The fourth-order valence-electron chi connectivity index (χ4n) is 2.94. The number of carbonyl (C=O) groups excluding carboxylic acids is 1. The Morgan fingerprint density at radius 2 is 2.21 bits per heavy atom. The number of H-pyrrole nitrogens is 1. The number of aryl methyl sites for hydroxylation is 1. The predicted octanol–water partition coefficient (Wildman–Crippen LogP) is 2.29. The molecule has 1 unspecified atom stereocenters. The maximum atomic E-state index is 11.5. The number of carbonyl (C=O) groups is 1. The number of aromatic nitrogens is 2. The maximum Gasteiger partial charge on any atom is 0.411 e. The van der Waals surface area contributed by atoms with Gasteiger partial charge < -0.3 is 4.74 Å². The van der Waals surface area contributed by atoms with Crippen LogP contribution in [0.3, 0.4) is 0 Å². The number of nitrogens with zero attached hydrogens (tertiary/aromatic N) is 3. The van der Waals surface area contributed by atoms with Crippen LogP contribution in [-0.4, -0.2) is 39.6 Å². The third-order valence-corrected chi connectivity index (χ3v) is 5.17. The van der Waals surface area contributed by atoms with Gasteiger partial charge >= 0.3 is 6.09 Å². The Morgan fingerprint density at radius 1 is 1.38 bits per heavy atom. The normalized spacial score (nSPS) is 17.4. The summed E-state index contributed by atoms with van der Waals surface area (Å²) in [6.45, 7) is 4.77. The number of amidine groups is 1. The molecule has 0 fully saturated rings. The van der Waals surface area contributed by atoms with Gasteiger partial charge in [0.25, 0.3) is 0 Å². The number of amides is 1. The molecular formula is C19H22N7O2S+. The van der Waals surface area contributed by atoms with Crippen LogP contribution in [0.15, 0.2) is 64.6 Å². The van der Waals surface area contributed by atoms with Crippen LogP contribution in [-0.2, 0) is 4.74 Å². The summed E-state index contributed by atoms with van der Waals surface area (Å²) in [5.74, 6) is 2.72. The monoisotopic (exact) mass is 412 g/mol. The molecule has 4 N–H and O–H groups in total. The van der Waals surface area contributed by atoms with Gasteiger partial charge in [0.1, 0.15) is 12.7 Å². The molecule has 2 aliphatic rings. The molecule has 29 heavy (non-hydrogen) atoms.